The van der Waals surface area contributed by atoms with Crippen molar-refractivity contribution in [2.24, 2.45) is 0 Å². The standard InChI is InChI=1S/C14H19NO3S/c1-4-19(17,18)9-12-8-11-6-5-7-13(16)14(11)15(12)10(2)3/h5-8,10,16H,4,9H2,1-3H3. The molecular weight excluding hydrogens is 262 g/mol. The van der Waals surface area contributed by atoms with Gasteiger partial charge in [0.15, 0.2) is 9.84 Å². The van der Waals surface area contributed by atoms with Crippen LogP contribution in [0.5, 0.6) is 5.75 Å². The van der Waals surface area contributed by atoms with Gasteiger partial charge < -0.3 is 9.67 Å². The van der Waals surface area contributed by atoms with E-state index >= 15 is 0 Å². The Bertz CT molecular complexity index is 699. The number of phenols is 1. The van der Waals surface area contributed by atoms with Crippen molar-refractivity contribution in [1.82, 2.24) is 4.57 Å². The first-order chi connectivity index (χ1) is 8.85. The van der Waals surface area contributed by atoms with Crippen molar-refractivity contribution in [3.05, 3.63) is 30.0 Å². The summed E-state index contributed by atoms with van der Waals surface area (Å²) in [6.45, 7) is 5.61. The zero-order valence-corrected chi connectivity index (χ0v) is 12.2. The van der Waals surface area contributed by atoms with Crippen LogP contribution in [0, 0.1) is 0 Å². The van der Waals surface area contributed by atoms with Gasteiger partial charge in [0.2, 0.25) is 0 Å². The fourth-order valence-corrected chi connectivity index (χ4v) is 3.23. The first kappa shape index (κ1) is 13.9. The number of para-hydroxylation sites is 1. The van der Waals surface area contributed by atoms with Crippen LogP contribution in [-0.2, 0) is 15.6 Å². The molecule has 0 radical (unpaired) electrons. The van der Waals surface area contributed by atoms with Crippen molar-refractivity contribution in [3.63, 3.8) is 0 Å². The van der Waals surface area contributed by atoms with Crippen molar-refractivity contribution in [1.29, 1.82) is 0 Å². The van der Waals surface area contributed by atoms with E-state index in [1.54, 1.807) is 19.1 Å². The van der Waals surface area contributed by atoms with E-state index in [4.69, 9.17) is 0 Å². The summed E-state index contributed by atoms with van der Waals surface area (Å²) in [6.07, 6.45) is 0. The van der Waals surface area contributed by atoms with E-state index in [1.165, 1.54) is 0 Å². The molecule has 0 spiro atoms. The highest BCUT2D eigenvalue weighted by Gasteiger charge is 2.18. The van der Waals surface area contributed by atoms with Gasteiger partial charge in [-0.2, -0.15) is 0 Å². The highest BCUT2D eigenvalue weighted by molar-refractivity contribution is 7.90. The maximum atomic E-state index is 11.8. The van der Waals surface area contributed by atoms with E-state index in [2.05, 4.69) is 0 Å². The van der Waals surface area contributed by atoms with Crippen LogP contribution in [0.3, 0.4) is 0 Å². The number of benzene rings is 1. The molecule has 0 amide bonds. The van der Waals surface area contributed by atoms with Crippen molar-refractivity contribution < 1.29 is 13.5 Å². The Kier molecular flexibility index (Phi) is 3.58. The van der Waals surface area contributed by atoms with Gasteiger partial charge in [-0.05, 0) is 26.0 Å². The van der Waals surface area contributed by atoms with Crippen molar-refractivity contribution in [2.75, 3.05) is 5.75 Å². The molecule has 104 valence electrons. The summed E-state index contributed by atoms with van der Waals surface area (Å²) in [6, 6.07) is 7.21. The predicted octanol–water partition coefficient (Wildman–Crippen LogP) is 2.86. The molecule has 0 saturated carbocycles. The molecule has 1 heterocycles. The molecule has 5 heteroatoms. The van der Waals surface area contributed by atoms with E-state index in [9.17, 15) is 13.5 Å². The minimum Gasteiger partial charge on any atom is -0.506 e. The second-order valence-corrected chi connectivity index (χ2v) is 7.34. The zero-order valence-electron chi connectivity index (χ0n) is 11.4. The molecule has 1 N–H and O–H groups in total. The molecule has 0 bridgehead atoms. The lowest BCUT2D eigenvalue weighted by molar-refractivity contribution is 0.474. The molecule has 1 aromatic heterocycles. The number of phenolic OH excluding ortho intramolecular Hbond substituents is 1. The third-order valence-electron chi connectivity index (χ3n) is 3.24. The van der Waals surface area contributed by atoms with E-state index in [0.29, 0.717) is 5.52 Å². The van der Waals surface area contributed by atoms with E-state index < -0.39 is 9.84 Å². The second kappa shape index (κ2) is 4.89. The molecule has 2 aromatic rings. The Labute approximate surface area is 113 Å². The van der Waals surface area contributed by atoms with Gasteiger partial charge in [0.25, 0.3) is 0 Å². The first-order valence-electron chi connectivity index (χ1n) is 6.38. The lowest BCUT2D eigenvalue weighted by Crippen LogP contribution is -2.12. The fourth-order valence-electron chi connectivity index (χ4n) is 2.35. The molecule has 19 heavy (non-hydrogen) atoms. The van der Waals surface area contributed by atoms with Crippen molar-refractivity contribution in [2.45, 2.75) is 32.6 Å². The molecule has 0 saturated heterocycles. The Morgan fingerprint density at radius 3 is 2.58 bits per heavy atom. The van der Waals surface area contributed by atoms with Gasteiger partial charge in [-0.25, -0.2) is 8.42 Å². The summed E-state index contributed by atoms with van der Waals surface area (Å²) in [5.41, 5.74) is 1.44. The predicted molar refractivity (Wildman–Crippen MR) is 77.2 cm³/mol. The zero-order chi connectivity index (χ0) is 14.2. The van der Waals surface area contributed by atoms with Gasteiger partial charge >= 0.3 is 0 Å². The summed E-state index contributed by atoms with van der Waals surface area (Å²) < 4.78 is 25.6. The summed E-state index contributed by atoms with van der Waals surface area (Å²) in [7, 11) is -3.09. The van der Waals surface area contributed by atoms with Gasteiger partial charge in [-0.1, -0.05) is 19.1 Å². The maximum Gasteiger partial charge on any atom is 0.155 e. The van der Waals surface area contributed by atoms with Crippen molar-refractivity contribution >= 4 is 20.7 Å². The van der Waals surface area contributed by atoms with Crippen molar-refractivity contribution in [3.8, 4) is 5.75 Å². The molecule has 0 unspecified atom stereocenters. The second-order valence-electron chi connectivity index (χ2n) is 4.99. The van der Waals surface area contributed by atoms with Crippen LogP contribution >= 0.6 is 0 Å². The van der Waals surface area contributed by atoms with Crippen LogP contribution in [0.4, 0.5) is 0 Å². The van der Waals surface area contributed by atoms with Gasteiger partial charge in [-0.15, -0.1) is 0 Å². The topological polar surface area (TPSA) is 59.3 Å². The average molecular weight is 281 g/mol. The number of rotatable bonds is 4. The average Bonchev–Trinajstić information content (AvgIpc) is 2.67. The molecule has 4 nitrogen and oxygen atoms in total. The third kappa shape index (κ3) is 2.61. The minimum atomic E-state index is -3.09. The number of aromatic hydroxyl groups is 1. The Morgan fingerprint density at radius 2 is 2.00 bits per heavy atom. The van der Waals surface area contributed by atoms with Crippen LogP contribution in [0.15, 0.2) is 24.3 Å². The quantitative estimate of drug-likeness (QED) is 0.937. The summed E-state index contributed by atoms with van der Waals surface area (Å²) in [5, 5.41) is 10.9. The van der Waals surface area contributed by atoms with E-state index in [0.717, 1.165) is 11.1 Å². The van der Waals surface area contributed by atoms with Gasteiger partial charge in [0, 0.05) is 22.9 Å². The summed E-state index contributed by atoms with van der Waals surface area (Å²) in [4.78, 5) is 0. The molecule has 0 aliphatic rings. The van der Waals surface area contributed by atoms with E-state index in [1.807, 2.05) is 30.5 Å². The Balaban J connectivity index is 2.68. The maximum absolute atomic E-state index is 11.8. The summed E-state index contributed by atoms with van der Waals surface area (Å²) >= 11 is 0. The molecule has 0 aliphatic carbocycles. The smallest absolute Gasteiger partial charge is 0.155 e. The third-order valence-corrected chi connectivity index (χ3v) is 4.86. The lowest BCUT2D eigenvalue weighted by Gasteiger charge is -2.15. The fraction of sp³-hybridized carbons (Fsp3) is 0.429. The van der Waals surface area contributed by atoms with E-state index in [-0.39, 0.29) is 23.3 Å². The number of hydrogen-bond acceptors (Lipinski definition) is 3. The van der Waals surface area contributed by atoms with Crippen LogP contribution in [0.2, 0.25) is 0 Å². The number of hydrogen-bond donors (Lipinski definition) is 1. The van der Waals surface area contributed by atoms with Gasteiger partial charge in [-0.3, -0.25) is 0 Å². The minimum absolute atomic E-state index is 0.00972. The van der Waals surface area contributed by atoms with Crippen LogP contribution in [0.1, 0.15) is 32.5 Å². The number of nitrogens with zero attached hydrogens (tertiary/aromatic N) is 1. The molecule has 0 atom stereocenters. The monoisotopic (exact) mass is 281 g/mol. The van der Waals surface area contributed by atoms with Gasteiger partial charge in [0.1, 0.15) is 5.75 Å². The first-order valence-corrected chi connectivity index (χ1v) is 8.20. The molecular formula is C14H19NO3S. The highest BCUT2D eigenvalue weighted by atomic mass is 32.2. The Morgan fingerprint density at radius 1 is 1.32 bits per heavy atom. The number of aromatic nitrogens is 1. The normalized spacial score (nSPS) is 12.4. The molecule has 1 aromatic carbocycles. The molecule has 2 rings (SSSR count). The summed E-state index contributed by atoms with van der Waals surface area (Å²) in [5.74, 6) is 0.320. The SMILES string of the molecule is CCS(=O)(=O)Cc1cc2cccc(O)c2n1C(C)C. The number of fused-ring (bicyclic) bond motifs is 1. The van der Waals surface area contributed by atoms with Crippen LogP contribution in [-0.4, -0.2) is 23.8 Å². The lowest BCUT2D eigenvalue weighted by atomic mass is 10.2. The van der Waals surface area contributed by atoms with Gasteiger partial charge in [0.05, 0.1) is 11.3 Å². The van der Waals surface area contributed by atoms with Crippen LogP contribution in [0.25, 0.3) is 10.9 Å². The molecule has 0 fully saturated rings. The highest BCUT2D eigenvalue weighted by Crippen LogP contribution is 2.31. The number of sulfone groups is 1. The molecule has 0 aliphatic heterocycles. The largest absolute Gasteiger partial charge is 0.506 e. The van der Waals surface area contributed by atoms with Crippen LogP contribution < -0.4 is 0 Å². The Hall–Kier alpha value is -1.49.